The Labute approximate surface area is 96.9 Å². The van der Waals surface area contributed by atoms with Crippen LogP contribution in [0.25, 0.3) is 0 Å². The topological polar surface area (TPSA) is 24.4 Å². The summed E-state index contributed by atoms with van der Waals surface area (Å²) < 4.78 is 0.743. The molecule has 0 saturated heterocycles. The molecule has 0 aliphatic carbocycles. The molecular weight excluding hydrogens is 263 g/mol. The third-order valence-electron chi connectivity index (χ3n) is 1.46. The van der Waals surface area contributed by atoms with Crippen molar-refractivity contribution in [1.29, 1.82) is 0 Å². The summed E-state index contributed by atoms with van der Waals surface area (Å²) in [6, 6.07) is 7.43. The summed E-state index contributed by atoms with van der Waals surface area (Å²) in [5.41, 5.74) is 0.955. The average molecular weight is 273 g/mol. The van der Waals surface area contributed by atoms with Gasteiger partial charge in [-0.2, -0.15) is 0 Å². The molecular formula is C10H10ClN2Se. The molecule has 0 atom stereocenters. The van der Waals surface area contributed by atoms with Crippen molar-refractivity contribution in [3.8, 4) is 0 Å². The molecule has 0 amide bonds. The summed E-state index contributed by atoms with van der Waals surface area (Å²) in [6.45, 7) is 4.19. The molecule has 0 fully saturated rings. The van der Waals surface area contributed by atoms with Gasteiger partial charge in [0.15, 0.2) is 0 Å². The number of rotatable bonds is 3. The number of amidine groups is 1. The van der Waals surface area contributed by atoms with Crippen LogP contribution in [0, 0.1) is 0 Å². The van der Waals surface area contributed by atoms with Crippen LogP contribution in [-0.2, 0) is 0 Å². The van der Waals surface area contributed by atoms with E-state index in [0.717, 1.165) is 15.4 Å². The van der Waals surface area contributed by atoms with E-state index in [9.17, 15) is 0 Å². The van der Waals surface area contributed by atoms with Gasteiger partial charge in [0.2, 0.25) is 0 Å². The van der Waals surface area contributed by atoms with E-state index >= 15 is 0 Å². The molecule has 4 heteroatoms. The van der Waals surface area contributed by atoms with Crippen molar-refractivity contribution in [1.82, 2.24) is 0 Å². The third-order valence-corrected chi connectivity index (χ3v) is 2.20. The van der Waals surface area contributed by atoms with Crippen molar-refractivity contribution in [2.75, 3.05) is 11.9 Å². The fraction of sp³-hybridized carbons (Fsp3) is 0.100. The summed E-state index contributed by atoms with van der Waals surface area (Å²) in [6.07, 6.45) is 1.74. The summed E-state index contributed by atoms with van der Waals surface area (Å²) in [7, 11) is 0. The fourth-order valence-electron chi connectivity index (χ4n) is 0.844. The maximum absolute atomic E-state index is 5.75. The Morgan fingerprint density at radius 1 is 1.50 bits per heavy atom. The molecule has 73 valence electrons. The number of halogens is 1. The van der Waals surface area contributed by atoms with Crippen LogP contribution in [0.2, 0.25) is 5.02 Å². The molecule has 0 spiro atoms. The molecule has 1 rings (SSSR count). The molecule has 1 aromatic rings. The molecule has 0 aromatic heterocycles. The van der Waals surface area contributed by atoms with Crippen molar-refractivity contribution in [3.05, 3.63) is 41.9 Å². The van der Waals surface area contributed by atoms with Gasteiger partial charge in [-0.3, -0.25) is 0 Å². The summed E-state index contributed by atoms with van der Waals surface area (Å²) >= 11 is 8.59. The van der Waals surface area contributed by atoms with Crippen molar-refractivity contribution in [2.45, 2.75) is 0 Å². The molecule has 0 saturated carbocycles. The van der Waals surface area contributed by atoms with Gasteiger partial charge in [0.1, 0.15) is 0 Å². The quantitative estimate of drug-likeness (QED) is 0.389. The molecule has 0 aliphatic heterocycles. The van der Waals surface area contributed by atoms with Gasteiger partial charge in [0.05, 0.1) is 0 Å². The zero-order valence-electron chi connectivity index (χ0n) is 7.53. The number of hydrogen-bond donors (Lipinski definition) is 1. The normalized spacial score (nSPS) is 11.1. The van der Waals surface area contributed by atoms with E-state index in [0.29, 0.717) is 6.54 Å². The van der Waals surface area contributed by atoms with Gasteiger partial charge in [-0.05, 0) is 0 Å². The zero-order valence-corrected chi connectivity index (χ0v) is 10.0. The van der Waals surface area contributed by atoms with Crippen LogP contribution in [0.15, 0.2) is 41.9 Å². The molecule has 1 aromatic carbocycles. The van der Waals surface area contributed by atoms with Crippen LogP contribution >= 0.6 is 11.6 Å². The summed E-state index contributed by atoms with van der Waals surface area (Å²) in [5.74, 6) is 0. The van der Waals surface area contributed by atoms with Crippen molar-refractivity contribution >= 4 is 38.0 Å². The van der Waals surface area contributed by atoms with E-state index < -0.39 is 0 Å². The molecule has 1 N–H and O–H groups in total. The van der Waals surface area contributed by atoms with Crippen molar-refractivity contribution in [2.24, 2.45) is 4.99 Å². The van der Waals surface area contributed by atoms with Gasteiger partial charge >= 0.3 is 96.8 Å². The van der Waals surface area contributed by atoms with E-state index in [2.05, 4.69) is 32.9 Å². The number of nitrogens with zero attached hydrogens (tertiary/aromatic N) is 1. The monoisotopic (exact) mass is 273 g/mol. The molecule has 1 radical (unpaired) electrons. The van der Waals surface area contributed by atoms with Crippen LogP contribution < -0.4 is 5.32 Å². The minimum atomic E-state index is 0.600. The van der Waals surface area contributed by atoms with Crippen LogP contribution in [0.5, 0.6) is 0 Å². The maximum atomic E-state index is 5.75. The first-order valence-corrected chi connectivity index (χ1v) is 5.31. The Balaban J connectivity index is 2.60. The van der Waals surface area contributed by atoms with Crippen LogP contribution in [-0.4, -0.2) is 27.3 Å². The van der Waals surface area contributed by atoms with E-state index in [-0.39, 0.29) is 0 Å². The minimum absolute atomic E-state index is 0.600. The Morgan fingerprint density at radius 3 is 2.71 bits per heavy atom. The zero-order chi connectivity index (χ0) is 10.4. The number of benzene rings is 1. The van der Waals surface area contributed by atoms with Crippen LogP contribution in [0.3, 0.4) is 0 Å². The number of aliphatic imine (C=N–C) groups is 1. The molecule has 0 unspecified atom stereocenters. The third kappa shape index (κ3) is 3.97. The van der Waals surface area contributed by atoms with Crippen molar-refractivity contribution < 1.29 is 0 Å². The van der Waals surface area contributed by atoms with Gasteiger partial charge in [-0.25, -0.2) is 0 Å². The van der Waals surface area contributed by atoms with Crippen LogP contribution in [0.1, 0.15) is 0 Å². The van der Waals surface area contributed by atoms with E-state index in [1.54, 1.807) is 6.08 Å². The molecule has 2 nitrogen and oxygen atoms in total. The number of hydrogen-bond acceptors (Lipinski definition) is 1. The van der Waals surface area contributed by atoms with E-state index in [1.165, 1.54) is 0 Å². The Bertz CT molecular complexity index is 332. The Hall–Kier alpha value is -0.761. The van der Waals surface area contributed by atoms with E-state index in [1.807, 2.05) is 24.3 Å². The van der Waals surface area contributed by atoms with Gasteiger partial charge < -0.3 is 0 Å². The first-order chi connectivity index (χ1) is 6.72. The SMILES string of the molecule is C=CCN=C([Se])Nc1ccc(Cl)cc1. The van der Waals surface area contributed by atoms with Crippen molar-refractivity contribution in [3.63, 3.8) is 0 Å². The van der Waals surface area contributed by atoms with Gasteiger partial charge in [-0.1, -0.05) is 0 Å². The average Bonchev–Trinajstić information content (AvgIpc) is 2.18. The first kappa shape index (κ1) is 11.3. The first-order valence-electron chi connectivity index (χ1n) is 4.07. The second kappa shape index (κ2) is 5.86. The van der Waals surface area contributed by atoms with E-state index in [4.69, 9.17) is 11.6 Å². The second-order valence-electron chi connectivity index (χ2n) is 2.57. The predicted molar refractivity (Wildman–Crippen MR) is 63.3 cm³/mol. The van der Waals surface area contributed by atoms with Gasteiger partial charge in [0, 0.05) is 0 Å². The summed E-state index contributed by atoms with van der Waals surface area (Å²) in [5, 5.41) is 3.81. The van der Waals surface area contributed by atoms with Crippen LogP contribution in [0.4, 0.5) is 5.69 Å². The standard InChI is InChI=1S/C10H10ClN2Se/c1-2-7-12-10(14)13-9-5-3-8(11)4-6-9/h2-6H,1,7H2,(H,12,13). The fourth-order valence-corrected chi connectivity index (χ4v) is 1.37. The van der Waals surface area contributed by atoms with Gasteiger partial charge in [-0.15, -0.1) is 0 Å². The molecule has 0 aliphatic rings. The Kier molecular flexibility index (Phi) is 4.74. The molecule has 14 heavy (non-hydrogen) atoms. The number of nitrogens with one attached hydrogen (secondary N) is 1. The van der Waals surface area contributed by atoms with Gasteiger partial charge in [0.25, 0.3) is 0 Å². The predicted octanol–water partition coefficient (Wildman–Crippen LogP) is 2.46. The molecule has 0 bridgehead atoms. The Morgan fingerprint density at radius 2 is 2.14 bits per heavy atom. The second-order valence-corrected chi connectivity index (χ2v) is 3.81. The number of anilines is 1. The molecule has 0 heterocycles. The summed E-state index contributed by atoms with van der Waals surface area (Å²) in [4.78, 5) is 4.16.